The molecule has 0 aromatic heterocycles. The van der Waals surface area contributed by atoms with Crippen molar-refractivity contribution in [2.24, 2.45) is 5.92 Å². The molecule has 0 bridgehead atoms. The zero-order chi connectivity index (χ0) is 14.9. The topological polar surface area (TPSA) is 49.4 Å². The summed E-state index contributed by atoms with van der Waals surface area (Å²) in [5, 5.41) is 2.85. The van der Waals surface area contributed by atoms with Crippen LogP contribution in [0.2, 0.25) is 0 Å². The van der Waals surface area contributed by atoms with E-state index in [1.54, 1.807) is 24.1 Å². The summed E-state index contributed by atoms with van der Waals surface area (Å²) >= 11 is 0. The van der Waals surface area contributed by atoms with Crippen LogP contribution >= 0.6 is 0 Å². The molecule has 1 aromatic rings. The summed E-state index contributed by atoms with van der Waals surface area (Å²) in [5.41, 5.74) is 0.781. The van der Waals surface area contributed by atoms with Crippen LogP contribution in [-0.4, -0.2) is 29.8 Å². The van der Waals surface area contributed by atoms with Crippen LogP contribution in [0, 0.1) is 11.7 Å². The van der Waals surface area contributed by atoms with Gasteiger partial charge in [0.15, 0.2) is 0 Å². The largest absolute Gasteiger partial charge is 0.354 e. The van der Waals surface area contributed by atoms with Crippen LogP contribution < -0.4 is 5.32 Å². The van der Waals surface area contributed by atoms with Gasteiger partial charge in [-0.25, -0.2) is 4.39 Å². The van der Waals surface area contributed by atoms with E-state index in [4.69, 9.17) is 0 Å². The van der Waals surface area contributed by atoms with E-state index in [9.17, 15) is 14.0 Å². The molecule has 4 nitrogen and oxygen atoms in total. The standard InChI is InChI=1S/C15H19FN2O2/c1-9(2)17-15(20)12-8-13(19)18(3)14(12)10-4-6-11(16)7-5-10/h4-7,9,12,14H,8H2,1-3H3,(H,17,20)/t12-,14+/m0/s1. The molecule has 0 unspecified atom stereocenters. The summed E-state index contributed by atoms with van der Waals surface area (Å²) in [4.78, 5) is 25.7. The van der Waals surface area contributed by atoms with Crippen molar-refractivity contribution < 1.29 is 14.0 Å². The van der Waals surface area contributed by atoms with Gasteiger partial charge in [-0.3, -0.25) is 9.59 Å². The second kappa shape index (κ2) is 5.61. The lowest BCUT2D eigenvalue weighted by atomic mass is 9.92. The fourth-order valence-electron chi connectivity index (χ4n) is 2.61. The molecule has 2 atom stereocenters. The molecule has 5 heteroatoms. The molecular formula is C15H19FN2O2. The van der Waals surface area contributed by atoms with E-state index in [-0.39, 0.29) is 36.1 Å². The number of benzene rings is 1. The SMILES string of the molecule is CC(C)NC(=O)[C@H]1CC(=O)N(C)[C@@H]1c1ccc(F)cc1. The molecule has 20 heavy (non-hydrogen) atoms. The maximum atomic E-state index is 13.0. The molecule has 1 aliphatic rings. The van der Waals surface area contributed by atoms with Crippen molar-refractivity contribution in [2.75, 3.05) is 7.05 Å². The van der Waals surface area contributed by atoms with E-state index in [0.29, 0.717) is 0 Å². The monoisotopic (exact) mass is 278 g/mol. The lowest BCUT2D eigenvalue weighted by Gasteiger charge is -2.25. The van der Waals surface area contributed by atoms with Crippen LogP contribution in [-0.2, 0) is 9.59 Å². The molecule has 1 saturated heterocycles. The van der Waals surface area contributed by atoms with Crippen molar-refractivity contribution in [1.82, 2.24) is 10.2 Å². The van der Waals surface area contributed by atoms with Crippen LogP contribution in [0.3, 0.4) is 0 Å². The molecule has 0 saturated carbocycles. The summed E-state index contributed by atoms with van der Waals surface area (Å²) < 4.78 is 13.0. The van der Waals surface area contributed by atoms with E-state index < -0.39 is 5.92 Å². The van der Waals surface area contributed by atoms with Crippen LogP contribution in [0.1, 0.15) is 31.9 Å². The van der Waals surface area contributed by atoms with Gasteiger partial charge in [-0.05, 0) is 31.5 Å². The van der Waals surface area contributed by atoms with Crippen molar-refractivity contribution in [1.29, 1.82) is 0 Å². The van der Waals surface area contributed by atoms with Crippen molar-refractivity contribution in [2.45, 2.75) is 32.4 Å². The van der Waals surface area contributed by atoms with Crippen LogP contribution in [0.25, 0.3) is 0 Å². The highest BCUT2D eigenvalue weighted by Gasteiger charge is 2.42. The number of carbonyl (C=O) groups is 2. The molecule has 1 heterocycles. The van der Waals surface area contributed by atoms with Gasteiger partial charge in [0.25, 0.3) is 0 Å². The zero-order valence-corrected chi connectivity index (χ0v) is 11.9. The molecule has 0 aliphatic carbocycles. The molecule has 1 aromatic carbocycles. The summed E-state index contributed by atoms with van der Waals surface area (Å²) in [7, 11) is 1.68. The van der Waals surface area contributed by atoms with E-state index in [2.05, 4.69) is 5.32 Å². The first-order valence-corrected chi connectivity index (χ1v) is 6.71. The Morgan fingerprint density at radius 1 is 1.35 bits per heavy atom. The Morgan fingerprint density at radius 2 is 1.95 bits per heavy atom. The molecule has 2 rings (SSSR count). The number of halogens is 1. The van der Waals surface area contributed by atoms with Crippen LogP contribution in [0.5, 0.6) is 0 Å². The lowest BCUT2D eigenvalue weighted by Crippen LogP contribution is -2.38. The van der Waals surface area contributed by atoms with E-state index >= 15 is 0 Å². The summed E-state index contributed by atoms with van der Waals surface area (Å²) in [6, 6.07) is 5.65. The Balaban J connectivity index is 2.28. The third-order valence-electron chi connectivity index (χ3n) is 3.57. The predicted molar refractivity (Wildman–Crippen MR) is 73.3 cm³/mol. The highest BCUT2D eigenvalue weighted by Crippen LogP contribution is 2.37. The number of hydrogen-bond donors (Lipinski definition) is 1. The van der Waals surface area contributed by atoms with Gasteiger partial charge in [0.1, 0.15) is 5.82 Å². The van der Waals surface area contributed by atoms with Gasteiger partial charge in [0.05, 0.1) is 12.0 Å². The third kappa shape index (κ3) is 2.81. The van der Waals surface area contributed by atoms with E-state index in [1.165, 1.54) is 12.1 Å². The third-order valence-corrected chi connectivity index (χ3v) is 3.57. The van der Waals surface area contributed by atoms with Crippen molar-refractivity contribution >= 4 is 11.8 Å². The second-order valence-electron chi connectivity index (χ2n) is 5.47. The van der Waals surface area contributed by atoms with Gasteiger partial charge >= 0.3 is 0 Å². The minimum absolute atomic E-state index is 0.0253. The number of rotatable bonds is 3. The number of likely N-dealkylation sites (tertiary alicyclic amines) is 1. The average Bonchev–Trinajstić information content (AvgIpc) is 2.67. The van der Waals surface area contributed by atoms with Crippen LogP contribution in [0.15, 0.2) is 24.3 Å². The summed E-state index contributed by atoms with van der Waals surface area (Å²) in [6.07, 6.45) is 0.192. The Labute approximate surface area is 118 Å². The quantitative estimate of drug-likeness (QED) is 0.917. The maximum Gasteiger partial charge on any atom is 0.226 e. The van der Waals surface area contributed by atoms with E-state index in [1.807, 2.05) is 13.8 Å². The molecule has 2 amide bonds. The first kappa shape index (κ1) is 14.5. The molecule has 108 valence electrons. The first-order valence-electron chi connectivity index (χ1n) is 6.71. The fraction of sp³-hybridized carbons (Fsp3) is 0.467. The number of hydrogen-bond acceptors (Lipinski definition) is 2. The first-order chi connectivity index (χ1) is 9.40. The Bertz CT molecular complexity index is 513. The number of carbonyl (C=O) groups excluding carboxylic acids is 2. The van der Waals surface area contributed by atoms with Gasteiger partial charge in [0, 0.05) is 19.5 Å². The van der Waals surface area contributed by atoms with Gasteiger partial charge in [0.2, 0.25) is 11.8 Å². The Morgan fingerprint density at radius 3 is 2.50 bits per heavy atom. The number of amides is 2. The van der Waals surface area contributed by atoms with Gasteiger partial charge in [-0.1, -0.05) is 12.1 Å². The molecule has 0 radical (unpaired) electrons. The van der Waals surface area contributed by atoms with Gasteiger partial charge in [-0.15, -0.1) is 0 Å². The molecule has 0 spiro atoms. The summed E-state index contributed by atoms with van der Waals surface area (Å²) in [6.45, 7) is 3.76. The average molecular weight is 278 g/mol. The maximum absolute atomic E-state index is 13.0. The summed E-state index contributed by atoms with van der Waals surface area (Å²) in [5.74, 6) is -0.959. The number of nitrogens with zero attached hydrogens (tertiary/aromatic N) is 1. The second-order valence-corrected chi connectivity index (χ2v) is 5.47. The van der Waals surface area contributed by atoms with Crippen molar-refractivity contribution in [3.8, 4) is 0 Å². The fourth-order valence-corrected chi connectivity index (χ4v) is 2.61. The minimum atomic E-state index is -0.430. The van der Waals surface area contributed by atoms with Crippen molar-refractivity contribution in [3.05, 3.63) is 35.6 Å². The molecule has 1 fully saturated rings. The molecule has 1 aliphatic heterocycles. The van der Waals surface area contributed by atoms with Gasteiger partial charge in [-0.2, -0.15) is 0 Å². The minimum Gasteiger partial charge on any atom is -0.354 e. The number of nitrogens with one attached hydrogen (secondary N) is 1. The van der Waals surface area contributed by atoms with E-state index in [0.717, 1.165) is 5.56 Å². The predicted octanol–water partition coefficient (Wildman–Crippen LogP) is 1.87. The normalized spacial score (nSPS) is 22.4. The lowest BCUT2D eigenvalue weighted by molar-refractivity contribution is -0.128. The van der Waals surface area contributed by atoms with Gasteiger partial charge < -0.3 is 10.2 Å². The Hall–Kier alpha value is -1.91. The highest BCUT2D eigenvalue weighted by molar-refractivity contribution is 5.90. The van der Waals surface area contributed by atoms with Crippen molar-refractivity contribution in [3.63, 3.8) is 0 Å². The smallest absolute Gasteiger partial charge is 0.226 e. The zero-order valence-electron chi connectivity index (χ0n) is 11.9. The highest BCUT2D eigenvalue weighted by atomic mass is 19.1. The molecule has 1 N–H and O–H groups in total. The Kier molecular flexibility index (Phi) is 4.06. The van der Waals surface area contributed by atoms with Crippen LogP contribution in [0.4, 0.5) is 4.39 Å². The molecular weight excluding hydrogens is 259 g/mol.